The van der Waals surface area contributed by atoms with Crippen LogP contribution in [0, 0.1) is 17.8 Å². The Morgan fingerprint density at radius 1 is 1.60 bits per heavy atom. The summed E-state index contributed by atoms with van der Waals surface area (Å²) in [4.78, 5) is 10.4. The highest BCUT2D eigenvalue weighted by atomic mass is 16.1. The summed E-state index contributed by atoms with van der Waals surface area (Å²) in [7, 11) is 0. The van der Waals surface area contributed by atoms with Gasteiger partial charge in [0, 0.05) is 11.5 Å². The van der Waals surface area contributed by atoms with Gasteiger partial charge < -0.3 is 0 Å². The summed E-state index contributed by atoms with van der Waals surface area (Å²) < 4.78 is 0. The van der Waals surface area contributed by atoms with E-state index in [2.05, 4.69) is 25.0 Å². The molecule has 0 aliphatic heterocycles. The predicted octanol–water partition coefficient (Wildman–Crippen LogP) is 1.59. The number of hydrogen-bond donors (Lipinski definition) is 0. The van der Waals surface area contributed by atoms with Gasteiger partial charge in [-0.05, 0) is 18.3 Å². The second-order valence-electron chi connectivity index (χ2n) is 3.24. The van der Waals surface area contributed by atoms with Crippen LogP contribution in [0.2, 0.25) is 0 Å². The summed E-state index contributed by atoms with van der Waals surface area (Å²) in [5.74, 6) is 3.61. The van der Waals surface area contributed by atoms with Crippen LogP contribution in [0.1, 0.15) is 13.3 Å². The first-order valence-corrected chi connectivity index (χ1v) is 3.76. The molecule has 10 heavy (non-hydrogen) atoms. The fraction of sp³-hybridized carbons (Fsp3) is 0.556. The lowest BCUT2D eigenvalue weighted by Crippen LogP contribution is -2.05. The van der Waals surface area contributed by atoms with Crippen molar-refractivity contribution >= 4 is 5.94 Å². The fourth-order valence-corrected chi connectivity index (χ4v) is 2.07. The number of fused-ring (bicyclic) bond motifs is 2. The van der Waals surface area contributed by atoms with Crippen molar-refractivity contribution in [3.63, 3.8) is 0 Å². The van der Waals surface area contributed by atoms with Crippen LogP contribution in [-0.4, -0.2) is 5.94 Å². The van der Waals surface area contributed by atoms with Crippen LogP contribution in [-0.2, 0) is 4.79 Å². The zero-order valence-electron chi connectivity index (χ0n) is 6.00. The first-order chi connectivity index (χ1) is 4.83. The molecular formula is C9H10O. The maximum Gasteiger partial charge on any atom is 0.124 e. The van der Waals surface area contributed by atoms with Crippen LogP contribution >= 0.6 is 0 Å². The molecule has 1 saturated carbocycles. The van der Waals surface area contributed by atoms with Gasteiger partial charge in [0.15, 0.2) is 0 Å². The summed E-state index contributed by atoms with van der Waals surface area (Å²) in [6.45, 7) is 2.12. The van der Waals surface area contributed by atoms with E-state index in [4.69, 9.17) is 0 Å². The quantitative estimate of drug-likeness (QED) is 0.363. The lowest BCUT2D eigenvalue weighted by Gasteiger charge is -2.11. The lowest BCUT2D eigenvalue weighted by atomic mass is 9.91. The molecule has 0 aromatic carbocycles. The standard InChI is InChI=1S/C9H10O/c1-6-7-2-3-8(4-7)9(6)5-10/h2-3,6-8H,4H2,1H3. The second-order valence-corrected chi connectivity index (χ2v) is 3.24. The molecule has 1 heteroatoms. The maximum atomic E-state index is 10.4. The molecule has 3 atom stereocenters. The van der Waals surface area contributed by atoms with Crippen molar-refractivity contribution < 1.29 is 4.79 Å². The molecule has 3 unspecified atom stereocenters. The van der Waals surface area contributed by atoms with Gasteiger partial charge in [-0.1, -0.05) is 19.1 Å². The van der Waals surface area contributed by atoms with E-state index in [1.54, 1.807) is 0 Å². The summed E-state index contributed by atoms with van der Waals surface area (Å²) in [6.07, 6.45) is 5.53. The van der Waals surface area contributed by atoms with E-state index in [-0.39, 0.29) is 0 Å². The summed E-state index contributed by atoms with van der Waals surface area (Å²) in [5.41, 5.74) is 0.993. The second kappa shape index (κ2) is 1.83. The number of carbonyl (C=O) groups excluding carboxylic acids is 1. The van der Waals surface area contributed by atoms with E-state index in [0.29, 0.717) is 17.8 Å². The van der Waals surface area contributed by atoms with Crippen LogP contribution in [0.3, 0.4) is 0 Å². The molecule has 2 rings (SSSR count). The summed E-state index contributed by atoms with van der Waals surface area (Å²) >= 11 is 0. The van der Waals surface area contributed by atoms with E-state index < -0.39 is 0 Å². The third-order valence-corrected chi connectivity index (χ3v) is 2.77. The molecule has 0 heterocycles. The highest BCUT2D eigenvalue weighted by Crippen LogP contribution is 2.45. The molecule has 2 aliphatic carbocycles. The molecule has 1 nitrogen and oxygen atoms in total. The fourth-order valence-electron chi connectivity index (χ4n) is 2.07. The first-order valence-electron chi connectivity index (χ1n) is 3.76. The van der Waals surface area contributed by atoms with Crippen LogP contribution in [0.25, 0.3) is 0 Å². The van der Waals surface area contributed by atoms with Crippen LogP contribution in [0.4, 0.5) is 0 Å². The molecule has 0 aromatic rings. The molecule has 0 radical (unpaired) electrons. The predicted molar refractivity (Wildman–Crippen MR) is 39.1 cm³/mol. The Kier molecular flexibility index (Phi) is 1.09. The van der Waals surface area contributed by atoms with Crippen molar-refractivity contribution in [1.82, 2.24) is 0 Å². The Hall–Kier alpha value is -0.810. The topological polar surface area (TPSA) is 17.1 Å². The molecule has 2 bridgehead atoms. The minimum Gasteiger partial charge on any atom is -0.234 e. The lowest BCUT2D eigenvalue weighted by molar-refractivity contribution is 0.543. The van der Waals surface area contributed by atoms with Gasteiger partial charge in [0.2, 0.25) is 0 Å². The van der Waals surface area contributed by atoms with Crippen LogP contribution < -0.4 is 0 Å². The van der Waals surface area contributed by atoms with E-state index >= 15 is 0 Å². The largest absolute Gasteiger partial charge is 0.234 e. The average Bonchev–Trinajstić information content (AvgIpc) is 2.46. The average molecular weight is 134 g/mol. The molecule has 52 valence electrons. The van der Waals surface area contributed by atoms with Crippen molar-refractivity contribution in [3.8, 4) is 0 Å². The van der Waals surface area contributed by atoms with Gasteiger partial charge in [0.05, 0.1) is 0 Å². The summed E-state index contributed by atoms with van der Waals surface area (Å²) in [5, 5.41) is 0. The van der Waals surface area contributed by atoms with E-state index in [0.717, 1.165) is 12.0 Å². The number of rotatable bonds is 0. The Bertz CT molecular complexity index is 233. The van der Waals surface area contributed by atoms with Gasteiger partial charge in [-0.3, -0.25) is 0 Å². The molecular weight excluding hydrogens is 124 g/mol. The van der Waals surface area contributed by atoms with Crippen LogP contribution in [0.15, 0.2) is 17.7 Å². The van der Waals surface area contributed by atoms with Gasteiger partial charge >= 0.3 is 0 Å². The third-order valence-electron chi connectivity index (χ3n) is 2.77. The van der Waals surface area contributed by atoms with Crippen molar-refractivity contribution in [2.75, 3.05) is 0 Å². The summed E-state index contributed by atoms with van der Waals surface area (Å²) in [6, 6.07) is 0. The Balaban J connectivity index is 2.43. The number of hydrogen-bond acceptors (Lipinski definition) is 1. The van der Waals surface area contributed by atoms with Gasteiger partial charge in [-0.2, -0.15) is 0 Å². The molecule has 0 amide bonds. The van der Waals surface area contributed by atoms with Crippen LogP contribution in [0.5, 0.6) is 0 Å². The third kappa shape index (κ3) is 0.559. The zero-order chi connectivity index (χ0) is 7.14. The van der Waals surface area contributed by atoms with Gasteiger partial charge in [0.25, 0.3) is 0 Å². The maximum absolute atomic E-state index is 10.4. The molecule has 0 N–H and O–H groups in total. The van der Waals surface area contributed by atoms with Crippen molar-refractivity contribution in [1.29, 1.82) is 0 Å². The van der Waals surface area contributed by atoms with E-state index in [1.165, 1.54) is 0 Å². The Morgan fingerprint density at radius 3 is 2.80 bits per heavy atom. The normalized spacial score (nSPS) is 42.5. The molecule has 2 aliphatic rings. The zero-order valence-corrected chi connectivity index (χ0v) is 6.00. The van der Waals surface area contributed by atoms with Gasteiger partial charge in [0.1, 0.15) is 5.94 Å². The molecule has 0 aromatic heterocycles. The smallest absolute Gasteiger partial charge is 0.124 e. The van der Waals surface area contributed by atoms with Gasteiger partial charge in [-0.25, -0.2) is 4.79 Å². The SMILES string of the molecule is CC1C(=C=O)C2C=CC1C2. The van der Waals surface area contributed by atoms with Crippen molar-refractivity contribution in [2.45, 2.75) is 13.3 Å². The first kappa shape index (κ1) is 5.94. The molecule has 0 spiro atoms. The highest BCUT2D eigenvalue weighted by Gasteiger charge is 2.38. The highest BCUT2D eigenvalue weighted by molar-refractivity contribution is 5.58. The Morgan fingerprint density at radius 2 is 2.40 bits per heavy atom. The van der Waals surface area contributed by atoms with Crippen molar-refractivity contribution in [2.24, 2.45) is 17.8 Å². The van der Waals surface area contributed by atoms with Gasteiger partial charge in [-0.15, -0.1) is 0 Å². The molecule has 1 fully saturated rings. The van der Waals surface area contributed by atoms with E-state index in [9.17, 15) is 4.79 Å². The molecule has 0 saturated heterocycles. The number of allylic oxidation sites excluding steroid dienone is 3. The Labute approximate surface area is 60.4 Å². The minimum absolute atomic E-state index is 0.442. The van der Waals surface area contributed by atoms with Crippen molar-refractivity contribution in [3.05, 3.63) is 17.7 Å². The monoisotopic (exact) mass is 134 g/mol. The minimum atomic E-state index is 0.442. The van der Waals surface area contributed by atoms with E-state index in [1.807, 2.05) is 0 Å².